The van der Waals surface area contributed by atoms with Gasteiger partial charge >= 0.3 is 0 Å². The predicted octanol–water partition coefficient (Wildman–Crippen LogP) is 2.92. The molecule has 0 aliphatic carbocycles. The summed E-state index contributed by atoms with van der Waals surface area (Å²) in [5, 5.41) is 3.52. The van der Waals surface area contributed by atoms with E-state index in [-0.39, 0.29) is 24.6 Å². The third-order valence-corrected chi connectivity index (χ3v) is 5.15. The van der Waals surface area contributed by atoms with E-state index in [2.05, 4.69) is 10.3 Å². The van der Waals surface area contributed by atoms with Crippen LogP contribution in [0.2, 0.25) is 5.02 Å². The zero-order valence-corrected chi connectivity index (χ0v) is 17.2. The van der Waals surface area contributed by atoms with E-state index in [1.54, 1.807) is 37.2 Å². The minimum atomic E-state index is -0.457. The van der Waals surface area contributed by atoms with Crippen LogP contribution in [0.1, 0.15) is 17.2 Å². The summed E-state index contributed by atoms with van der Waals surface area (Å²) in [6, 6.07) is 9.37. The summed E-state index contributed by atoms with van der Waals surface area (Å²) >= 11 is 6.17. The lowest BCUT2D eigenvalue weighted by molar-refractivity contribution is -0.121. The van der Waals surface area contributed by atoms with Crippen molar-refractivity contribution in [1.82, 2.24) is 19.8 Å². The largest absolute Gasteiger partial charge is 0.353 e. The fourth-order valence-electron chi connectivity index (χ4n) is 3.24. The van der Waals surface area contributed by atoms with Crippen molar-refractivity contribution >= 4 is 28.4 Å². The van der Waals surface area contributed by atoms with Crippen molar-refractivity contribution in [2.45, 2.75) is 19.5 Å². The molecule has 152 valence electrons. The first-order chi connectivity index (χ1) is 13.8. The van der Waals surface area contributed by atoms with Crippen LogP contribution < -0.4 is 10.9 Å². The van der Waals surface area contributed by atoms with E-state index < -0.39 is 11.9 Å². The molecule has 8 heteroatoms. The van der Waals surface area contributed by atoms with E-state index in [9.17, 15) is 14.0 Å². The molecule has 3 rings (SSSR count). The van der Waals surface area contributed by atoms with E-state index >= 15 is 0 Å². The molecule has 3 aromatic rings. The molecule has 1 heterocycles. The smallest absolute Gasteiger partial charge is 0.261 e. The zero-order valence-electron chi connectivity index (χ0n) is 16.4. The first kappa shape index (κ1) is 21.0. The van der Waals surface area contributed by atoms with Gasteiger partial charge in [-0.05, 0) is 44.8 Å². The van der Waals surface area contributed by atoms with Gasteiger partial charge in [0.05, 0.1) is 23.3 Å². The van der Waals surface area contributed by atoms with E-state index in [0.29, 0.717) is 21.5 Å². The van der Waals surface area contributed by atoms with Gasteiger partial charge in [-0.3, -0.25) is 14.2 Å². The second-order valence-electron chi connectivity index (χ2n) is 7.07. The maximum atomic E-state index is 14.3. The Kier molecular flexibility index (Phi) is 6.30. The number of para-hydroxylation sites is 1. The molecule has 2 aromatic carbocycles. The first-order valence-corrected chi connectivity index (χ1v) is 9.49. The number of rotatable bonds is 6. The lowest BCUT2D eigenvalue weighted by atomic mass is 10.1. The average molecular weight is 417 g/mol. The van der Waals surface area contributed by atoms with Crippen molar-refractivity contribution in [3.05, 3.63) is 75.0 Å². The van der Waals surface area contributed by atoms with Crippen molar-refractivity contribution in [3.63, 3.8) is 0 Å². The van der Waals surface area contributed by atoms with Crippen molar-refractivity contribution in [1.29, 1.82) is 0 Å². The number of hydrogen-bond acceptors (Lipinski definition) is 4. The van der Waals surface area contributed by atoms with Gasteiger partial charge in [0.25, 0.3) is 5.56 Å². The molecule has 29 heavy (non-hydrogen) atoms. The van der Waals surface area contributed by atoms with E-state index in [1.165, 1.54) is 23.0 Å². The Bertz CT molecular complexity index is 1090. The molecule has 0 bridgehead atoms. The normalized spacial score (nSPS) is 12.3. The molecule has 6 nitrogen and oxygen atoms in total. The Morgan fingerprint density at radius 1 is 1.28 bits per heavy atom. The van der Waals surface area contributed by atoms with Crippen LogP contribution in [0, 0.1) is 12.7 Å². The SMILES string of the molecule is Cc1cccc2c(=O)n(CC(=O)NCC(c3c(F)cccc3Cl)N(C)C)cnc12. The summed E-state index contributed by atoms with van der Waals surface area (Å²) in [6.45, 7) is 1.84. The van der Waals surface area contributed by atoms with Gasteiger partial charge in [-0.1, -0.05) is 29.8 Å². The highest BCUT2D eigenvalue weighted by Gasteiger charge is 2.22. The number of amides is 1. The fourth-order valence-corrected chi connectivity index (χ4v) is 3.53. The minimum absolute atomic E-state index is 0.140. The number of halogens is 2. The second-order valence-corrected chi connectivity index (χ2v) is 7.47. The molecule has 0 aliphatic heterocycles. The van der Waals surface area contributed by atoms with Crippen LogP contribution in [0.15, 0.2) is 47.5 Å². The average Bonchev–Trinajstić information content (AvgIpc) is 2.66. The monoisotopic (exact) mass is 416 g/mol. The topological polar surface area (TPSA) is 67.2 Å². The number of likely N-dealkylation sites (N-methyl/N-ethyl adjacent to an activating group) is 1. The maximum Gasteiger partial charge on any atom is 0.261 e. The van der Waals surface area contributed by atoms with Crippen molar-refractivity contribution in [2.75, 3.05) is 20.6 Å². The van der Waals surface area contributed by atoms with E-state index in [1.807, 2.05) is 13.0 Å². The molecule has 1 atom stereocenters. The van der Waals surface area contributed by atoms with Gasteiger partial charge in [-0.2, -0.15) is 0 Å². The van der Waals surface area contributed by atoms with Crippen LogP contribution in [0.3, 0.4) is 0 Å². The van der Waals surface area contributed by atoms with E-state index in [4.69, 9.17) is 11.6 Å². The molecular weight excluding hydrogens is 395 g/mol. The molecule has 1 amide bonds. The Balaban J connectivity index is 1.76. The fraction of sp³-hybridized carbons (Fsp3) is 0.286. The Hall–Kier alpha value is -2.77. The van der Waals surface area contributed by atoms with Crippen molar-refractivity contribution < 1.29 is 9.18 Å². The number of nitrogens with one attached hydrogen (secondary N) is 1. The highest BCUT2D eigenvalue weighted by Crippen LogP contribution is 2.28. The van der Waals surface area contributed by atoms with E-state index in [0.717, 1.165) is 5.56 Å². The van der Waals surface area contributed by atoms with Gasteiger partial charge in [0.15, 0.2) is 0 Å². The van der Waals surface area contributed by atoms with Gasteiger partial charge in [-0.25, -0.2) is 9.37 Å². The van der Waals surface area contributed by atoms with Crippen molar-refractivity contribution in [2.24, 2.45) is 0 Å². The lowest BCUT2D eigenvalue weighted by Crippen LogP contribution is -2.38. The molecule has 1 N–H and O–H groups in total. The predicted molar refractivity (Wildman–Crippen MR) is 112 cm³/mol. The summed E-state index contributed by atoms with van der Waals surface area (Å²) in [5.41, 5.74) is 1.55. The summed E-state index contributed by atoms with van der Waals surface area (Å²) in [6.07, 6.45) is 1.37. The van der Waals surface area contributed by atoms with Crippen LogP contribution in [0.5, 0.6) is 0 Å². The number of fused-ring (bicyclic) bond motifs is 1. The molecule has 0 radical (unpaired) electrons. The van der Waals surface area contributed by atoms with Crippen LogP contribution in [-0.4, -0.2) is 41.0 Å². The summed E-state index contributed by atoms with van der Waals surface area (Å²) in [5.74, 6) is -0.809. The molecule has 0 saturated heterocycles. The molecule has 0 fully saturated rings. The van der Waals surface area contributed by atoms with Crippen LogP contribution in [0.25, 0.3) is 10.9 Å². The van der Waals surface area contributed by atoms with Gasteiger partial charge in [0, 0.05) is 17.1 Å². The Morgan fingerprint density at radius 3 is 2.69 bits per heavy atom. The molecule has 0 aliphatic rings. The number of carbonyl (C=O) groups excluding carboxylic acids is 1. The minimum Gasteiger partial charge on any atom is -0.353 e. The first-order valence-electron chi connectivity index (χ1n) is 9.11. The maximum absolute atomic E-state index is 14.3. The Labute approximate surface area is 172 Å². The molecule has 1 aromatic heterocycles. The summed E-state index contributed by atoms with van der Waals surface area (Å²) in [4.78, 5) is 31.2. The molecular formula is C21H22ClFN4O2. The molecule has 1 unspecified atom stereocenters. The van der Waals surface area contributed by atoms with Crippen LogP contribution in [0.4, 0.5) is 4.39 Å². The quantitative estimate of drug-likeness (QED) is 0.671. The van der Waals surface area contributed by atoms with Crippen molar-refractivity contribution in [3.8, 4) is 0 Å². The highest BCUT2D eigenvalue weighted by molar-refractivity contribution is 6.31. The van der Waals surface area contributed by atoms with Gasteiger partial charge in [0.1, 0.15) is 12.4 Å². The standard InChI is InChI=1S/C21H22ClFN4O2/c1-13-6-4-7-14-20(13)25-12-27(21(14)29)11-18(28)24-10-17(26(2)3)19-15(22)8-5-9-16(19)23/h4-9,12,17H,10-11H2,1-3H3,(H,24,28). The third-order valence-electron chi connectivity index (χ3n) is 4.82. The van der Waals surface area contributed by atoms with Gasteiger partial charge in [-0.15, -0.1) is 0 Å². The number of benzene rings is 2. The third kappa shape index (κ3) is 4.46. The molecule has 0 saturated carbocycles. The lowest BCUT2D eigenvalue weighted by Gasteiger charge is -2.26. The van der Waals surface area contributed by atoms with Gasteiger partial charge in [0.2, 0.25) is 5.91 Å². The number of aromatic nitrogens is 2. The zero-order chi connectivity index (χ0) is 21.1. The van der Waals surface area contributed by atoms with Crippen LogP contribution in [-0.2, 0) is 11.3 Å². The van der Waals surface area contributed by atoms with Gasteiger partial charge < -0.3 is 10.2 Å². The number of hydrogen-bond donors (Lipinski definition) is 1. The number of carbonyl (C=O) groups is 1. The summed E-state index contributed by atoms with van der Waals surface area (Å²) in [7, 11) is 3.55. The molecule has 0 spiro atoms. The van der Waals surface area contributed by atoms with Crippen LogP contribution >= 0.6 is 11.6 Å². The summed E-state index contributed by atoms with van der Waals surface area (Å²) < 4.78 is 15.6. The Morgan fingerprint density at radius 2 is 2.00 bits per heavy atom. The second kappa shape index (κ2) is 8.71. The number of nitrogens with zero attached hydrogens (tertiary/aromatic N) is 3. The number of aryl methyl sites for hydroxylation is 1. The highest BCUT2D eigenvalue weighted by atomic mass is 35.5.